The molecule has 1 aromatic carbocycles. The summed E-state index contributed by atoms with van der Waals surface area (Å²) < 4.78 is 7.03. The first kappa shape index (κ1) is 20.5. The number of hydrogen-bond donors (Lipinski definition) is 0. The zero-order valence-corrected chi connectivity index (χ0v) is 18.0. The summed E-state index contributed by atoms with van der Waals surface area (Å²) in [4.78, 5) is 33.4. The Morgan fingerprint density at radius 1 is 1.10 bits per heavy atom. The third-order valence-corrected chi connectivity index (χ3v) is 5.73. The number of esters is 1. The molecule has 0 amide bonds. The van der Waals surface area contributed by atoms with Gasteiger partial charge in [-0.15, -0.1) is 0 Å². The van der Waals surface area contributed by atoms with Gasteiger partial charge < -0.3 is 14.5 Å². The van der Waals surface area contributed by atoms with Crippen LogP contribution in [0.25, 0.3) is 5.52 Å². The Hall–Kier alpha value is -3.77. The van der Waals surface area contributed by atoms with Crippen molar-refractivity contribution in [3.05, 3.63) is 65.7 Å². The van der Waals surface area contributed by atoms with E-state index in [9.17, 15) is 14.9 Å². The minimum Gasteiger partial charge on any atom is -0.452 e. The molecule has 0 fully saturated rings. The van der Waals surface area contributed by atoms with Crippen LogP contribution < -0.4 is 9.80 Å². The molecule has 3 heterocycles. The monoisotopic (exact) mass is 433 g/mol. The lowest BCUT2D eigenvalue weighted by Crippen LogP contribution is -2.28. The number of hydrogen-bond acceptors (Lipinski definition) is 8. The highest BCUT2D eigenvalue weighted by atomic mass is 32.2. The molecular formula is C22H19N5O3S. The molecule has 0 radical (unpaired) electrons. The number of nitrogens with zero attached hydrogens (tertiary/aromatic N) is 5. The Kier molecular flexibility index (Phi) is 5.40. The van der Waals surface area contributed by atoms with E-state index in [0.29, 0.717) is 16.5 Å². The Morgan fingerprint density at radius 3 is 2.35 bits per heavy atom. The van der Waals surface area contributed by atoms with Crippen LogP contribution in [0.3, 0.4) is 0 Å². The average molecular weight is 433 g/mol. The third kappa shape index (κ3) is 3.41. The summed E-state index contributed by atoms with van der Waals surface area (Å²) in [6, 6.07) is 15.0. The van der Waals surface area contributed by atoms with E-state index < -0.39 is 18.4 Å². The van der Waals surface area contributed by atoms with Gasteiger partial charge in [-0.05, 0) is 30.5 Å². The Bertz CT molecular complexity index is 1240. The predicted octanol–water partition coefficient (Wildman–Crippen LogP) is 3.10. The van der Waals surface area contributed by atoms with E-state index in [1.807, 2.05) is 42.7 Å². The van der Waals surface area contributed by atoms with Gasteiger partial charge in [0.25, 0.3) is 0 Å². The van der Waals surface area contributed by atoms with Crippen LogP contribution in [0.15, 0.2) is 65.2 Å². The van der Waals surface area contributed by atoms with Crippen LogP contribution >= 0.6 is 11.8 Å². The standard InChI is InChI=1S/C22H19N5O3S/c1-25-15-8-4-5-9-16(15)26(2)20(25)14(12-23)18(28)13-30-21(29)19-17-10-6-7-11-27(17)22(24-19)31-3/h4-11H,13H2,1-3H3. The van der Waals surface area contributed by atoms with Crippen LogP contribution in [-0.4, -0.2) is 48.1 Å². The van der Waals surface area contributed by atoms with Crippen LogP contribution in [0.2, 0.25) is 0 Å². The zero-order valence-electron chi connectivity index (χ0n) is 17.2. The predicted molar refractivity (Wildman–Crippen MR) is 118 cm³/mol. The van der Waals surface area contributed by atoms with Gasteiger partial charge in [-0.3, -0.25) is 9.20 Å². The quantitative estimate of drug-likeness (QED) is 0.262. The molecule has 2 aromatic heterocycles. The third-order valence-electron chi connectivity index (χ3n) is 5.08. The van der Waals surface area contributed by atoms with Crippen molar-refractivity contribution >= 4 is 40.4 Å². The number of anilines is 2. The maximum atomic E-state index is 12.8. The van der Waals surface area contributed by atoms with Crippen LogP contribution in [0.5, 0.6) is 0 Å². The van der Waals surface area contributed by atoms with Crippen molar-refractivity contribution in [2.24, 2.45) is 0 Å². The number of nitriles is 1. The van der Waals surface area contributed by atoms with Gasteiger partial charge in [-0.25, -0.2) is 9.78 Å². The fraction of sp³-hybridized carbons (Fsp3) is 0.182. The van der Waals surface area contributed by atoms with Crippen LogP contribution in [0, 0.1) is 11.3 Å². The van der Waals surface area contributed by atoms with Crippen molar-refractivity contribution in [3.8, 4) is 6.07 Å². The second-order valence-corrected chi connectivity index (χ2v) is 7.59. The summed E-state index contributed by atoms with van der Waals surface area (Å²) in [7, 11) is 3.57. The molecule has 0 unspecified atom stereocenters. The van der Waals surface area contributed by atoms with E-state index in [0.717, 1.165) is 11.4 Å². The topological polar surface area (TPSA) is 90.9 Å². The molecular weight excluding hydrogens is 414 g/mol. The number of para-hydroxylation sites is 2. The number of carbonyl (C=O) groups is 2. The van der Waals surface area contributed by atoms with Gasteiger partial charge in [0.1, 0.15) is 17.5 Å². The minimum absolute atomic E-state index is 0.0755. The molecule has 4 rings (SSSR count). The summed E-state index contributed by atoms with van der Waals surface area (Å²) in [5.41, 5.74) is 2.41. The molecule has 3 aromatic rings. The largest absolute Gasteiger partial charge is 0.452 e. The fourth-order valence-corrected chi connectivity index (χ4v) is 4.17. The number of ether oxygens (including phenoxy) is 1. The number of rotatable bonds is 5. The van der Waals surface area contributed by atoms with Crippen molar-refractivity contribution in [1.82, 2.24) is 9.38 Å². The number of carbonyl (C=O) groups excluding carboxylic acids is 2. The number of fused-ring (bicyclic) bond motifs is 2. The maximum Gasteiger partial charge on any atom is 0.359 e. The SMILES string of the molecule is CSc1nc(C(=O)OCC(=O)C(C#N)=C2N(C)c3ccccc3N2C)c2ccccn12. The highest BCUT2D eigenvalue weighted by Gasteiger charge is 2.31. The van der Waals surface area contributed by atoms with Gasteiger partial charge in [0, 0.05) is 20.3 Å². The number of pyridine rings is 1. The van der Waals surface area contributed by atoms with E-state index in [4.69, 9.17) is 4.74 Å². The van der Waals surface area contributed by atoms with E-state index in [-0.39, 0.29) is 11.3 Å². The zero-order chi connectivity index (χ0) is 22.1. The Morgan fingerprint density at radius 2 is 1.74 bits per heavy atom. The molecule has 0 spiro atoms. The lowest BCUT2D eigenvalue weighted by atomic mass is 10.2. The number of aromatic nitrogens is 2. The summed E-state index contributed by atoms with van der Waals surface area (Å²) in [5, 5.41) is 10.3. The second kappa shape index (κ2) is 8.16. The Balaban J connectivity index is 1.57. The van der Waals surface area contributed by atoms with E-state index >= 15 is 0 Å². The molecule has 0 bridgehead atoms. The molecule has 0 aliphatic carbocycles. The fourth-order valence-electron chi connectivity index (χ4n) is 3.63. The molecule has 1 aliphatic heterocycles. The van der Waals surface area contributed by atoms with Crippen molar-refractivity contribution in [2.75, 3.05) is 36.8 Å². The normalized spacial score (nSPS) is 12.6. The van der Waals surface area contributed by atoms with Crippen molar-refractivity contribution in [1.29, 1.82) is 5.26 Å². The number of imidazole rings is 1. The van der Waals surface area contributed by atoms with Crippen LogP contribution in [-0.2, 0) is 9.53 Å². The summed E-state index contributed by atoms with van der Waals surface area (Å²) in [5.74, 6) is -0.844. The van der Waals surface area contributed by atoms with E-state index in [1.165, 1.54) is 11.8 Å². The van der Waals surface area contributed by atoms with Gasteiger partial charge in [0.2, 0.25) is 5.78 Å². The molecule has 8 nitrogen and oxygen atoms in total. The lowest BCUT2D eigenvalue weighted by molar-refractivity contribution is -0.118. The van der Waals surface area contributed by atoms with E-state index in [1.54, 1.807) is 46.6 Å². The smallest absolute Gasteiger partial charge is 0.359 e. The first-order valence-corrected chi connectivity index (χ1v) is 10.6. The number of benzene rings is 1. The molecule has 0 N–H and O–H groups in total. The summed E-state index contributed by atoms with van der Waals surface area (Å²) in [6.45, 7) is -0.552. The molecule has 0 atom stereocenters. The van der Waals surface area contributed by atoms with Gasteiger partial charge in [-0.1, -0.05) is 30.0 Å². The lowest BCUT2D eigenvalue weighted by Gasteiger charge is -2.19. The van der Waals surface area contributed by atoms with Crippen LogP contribution in [0.4, 0.5) is 11.4 Å². The summed E-state index contributed by atoms with van der Waals surface area (Å²) in [6.07, 6.45) is 3.66. The van der Waals surface area contributed by atoms with Crippen molar-refractivity contribution in [2.45, 2.75) is 5.16 Å². The Labute approximate surface area is 183 Å². The molecule has 31 heavy (non-hydrogen) atoms. The average Bonchev–Trinajstić information content (AvgIpc) is 3.29. The molecule has 0 saturated carbocycles. The van der Waals surface area contributed by atoms with Crippen molar-refractivity contribution < 1.29 is 14.3 Å². The van der Waals surface area contributed by atoms with Gasteiger partial charge in [-0.2, -0.15) is 5.26 Å². The van der Waals surface area contributed by atoms with Crippen molar-refractivity contribution in [3.63, 3.8) is 0 Å². The van der Waals surface area contributed by atoms with E-state index in [2.05, 4.69) is 4.98 Å². The van der Waals surface area contributed by atoms with Gasteiger partial charge in [0.05, 0.1) is 16.9 Å². The number of ketones is 1. The second-order valence-electron chi connectivity index (χ2n) is 6.82. The molecule has 0 saturated heterocycles. The molecule has 1 aliphatic rings. The minimum atomic E-state index is -0.712. The number of thioether (sulfide) groups is 1. The first-order valence-electron chi connectivity index (χ1n) is 9.40. The summed E-state index contributed by atoms with van der Waals surface area (Å²) >= 11 is 1.40. The maximum absolute atomic E-state index is 12.8. The molecule has 9 heteroatoms. The van der Waals surface area contributed by atoms with Gasteiger partial charge in [0.15, 0.2) is 17.5 Å². The highest BCUT2D eigenvalue weighted by Crippen LogP contribution is 2.40. The molecule has 156 valence electrons. The first-order chi connectivity index (χ1) is 15.0. The highest BCUT2D eigenvalue weighted by molar-refractivity contribution is 7.98. The number of Topliss-reactive ketones (excluding diaryl/α,β-unsaturated/α-hetero) is 1. The van der Waals surface area contributed by atoms with Crippen LogP contribution in [0.1, 0.15) is 10.5 Å². The van der Waals surface area contributed by atoms with Gasteiger partial charge >= 0.3 is 5.97 Å².